The van der Waals surface area contributed by atoms with Crippen molar-refractivity contribution >= 4 is 13.0 Å². The van der Waals surface area contributed by atoms with Gasteiger partial charge in [-0.1, -0.05) is 32.1 Å². The highest BCUT2D eigenvalue weighted by Crippen LogP contribution is 2.53. The van der Waals surface area contributed by atoms with Crippen LogP contribution in [0, 0.1) is 35.0 Å². The van der Waals surface area contributed by atoms with Crippen LogP contribution in [-0.2, 0) is 9.53 Å². The van der Waals surface area contributed by atoms with Crippen molar-refractivity contribution in [1.29, 1.82) is 0 Å². The van der Waals surface area contributed by atoms with Gasteiger partial charge in [0.05, 0.1) is 12.7 Å². The van der Waals surface area contributed by atoms with Gasteiger partial charge in [-0.3, -0.25) is 4.79 Å². The number of nitrogens with two attached hydrogens (primary N) is 1. The summed E-state index contributed by atoms with van der Waals surface area (Å²) in [5, 5.41) is 19.3. The number of piperidine rings is 1. The maximum Gasteiger partial charge on any atom is 0.454 e. The molecule has 3 saturated carbocycles. The van der Waals surface area contributed by atoms with Gasteiger partial charge < -0.3 is 25.4 Å². The molecule has 0 radical (unpaired) electrons. The smallest absolute Gasteiger partial charge is 0.427 e. The van der Waals surface area contributed by atoms with Crippen molar-refractivity contribution in [3.63, 3.8) is 0 Å². The standard InChI is InChI=1S/C26H45BN2O4/c28-16-18-7-8-24-23(13-18)26(17-33-24)9-11-29(12-10-26)25(30)21-5-1-3-19(14-21)20-4-2-6-22(15-20)27(31)32/h18-24,31-32H,1-17,28H2. The van der Waals surface area contributed by atoms with E-state index in [0.717, 1.165) is 84.0 Å². The second-order valence-corrected chi connectivity index (χ2v) is 12.3. The van der Waals surface area contributed by atoms with Gasteiger partial charge in [-0.15, -0.1) is 0 Å². The Kier molecular flexibility index (Phi) is 7.42. The van der Waals surface area contributed by atoms with Crippen LogP contribution < -0.4 is 5.73 Å². The van der Waals surface area contributed by atoms with E-state index in [0.29, 0.717) is 35.7 Å². The number of rotatable bonds is 4. The van der Waals surface area contributed by atoms with Crippen LogP contribution in [0.4, 0.5) is 0 Å². The van der Waals surface area contributed by atoms with Crippen LogP contribution in [0.5, 0.6) is 0 Å². The molecule has 0 aromatic rings. The van der Waals surface area contributed by atoms with Crippen LogP contribution in [0.25, 0.3) is 0 Å². The fourth-order valence-electron chi connectivity index (χ4n) is 8.46. The molecule has 7 heteroatoms. The van der Waals surface area contributed by atoms with Gasteiger partial charge >= 0.3 is 7.12 Å². The number of hydrogen-bond acceptors (Lipinski definition) is 5. The van der Waals surface area contributed by atoms with E-state index < -0.39 is 7.12 Å². The molecule has 3 aliphatic carbocycles. The summed E-state index contributed by atoms with van der Waals surface area (Å²) in [5.74, 6) is 3.00. The van der Waals surface area contributed by atoms with Crippen LogP contribution in [0.1, 0.15) is 83.5 Å². The molecule has 0 bridgehead atoms. The number of carbonyl (C=O) groups is 1. The number of likely N-dealkylation sites (tertiary alicyclic amines) is 1. The lowest BCUT2D eigenvalue weighted by Gasteiger charge is -2.46. The molecule has 0 aromatic heterocycles. The van der Waals surface area contributed by atoms with Gasteiger partial charge in [0.2, 0.25) is 5.91 Å². The Balaban J connectivity index is 1.16. The molecule has 186 valence electrons. The second kappa shape index (κ2) is 10.2. The lowest BCUT2D eigenvalue weighted by atomic mass is 9.59. The number of hydrogen-bond donors (Lipinski definition) is 3. The molecule has 2 saturated heterocycles. The Hall–Kier alpha value is -0.625. The third-order valence-corrected chi connectivity index (χ3v) is 10.6. The summed E-state index contributed by atoms with van der Waals surface area (Å²) >= 11 is 0. The summed E-state index contributed by atoms with van der Waals surface area (Å²) in [6, 6.07) is 0. The van der Waals surface area contributed by atoms with E-state index in [1.165, 1.54) is 25.7 Å². The summed E-state index contributed by atoms with van der Waals surface area (Å²) in [7, 11) is -1.18. The topological polar surface area (TPSA) is 96.0 Å². The normalized spacial score (nSPS) is 41.1. The molecule has 0 aromatic carbocycles. The van der Waals surface area contributed by atoms with Crippen molar-refractivity contribution in [2.45, 2.75) is 95.4 Å². The summed E-state index contributed by atoms with van der Waals surface area (Å²) in [4.78, 5) is 15.7. The summed E-state index contributed by atoms with van der Waals surface area (Å²) < 4.78 is 6.28. The van der Waals surface area contributed by atoms with E-state index in [1.807, 2.05) is 0 Å². The molecule has 5 aliphatic rings. The van der Waals surface area contributed by atoms with Crippen LogP contribution >= 0.6 is 0 Å². The Bertz CT molecular complexity index is 683. The summed E-state index contributed by atoms with van der Waals surface area (Å²) in [5.41, 5.74) is 6.29. The number of ether oxygens (including phenoxy) is 1. The highest BCUT2D eigenvalue weighted by molar-refractivity contribution is 6.43. The molecule has 2 heterocycles. The van der Waals surface area contributed by atoms with E-state index >= 15 is 0 Å². The lowest BCUT2D eigenvalue weighted by molar-refractivity contribution is -0.140. The van der Waals surface area contributed by atoms with Gasteiger partial charge in [-0.2, -0.15) is 0 Å². The minimum Gasteiger partial charge on any atom is -0.427 e. The van der Waals surface area contributed by atoms with Gasteiger partial charge in [0.1, 0.15) is 0 Å². The van der Waals surface area contributed by atoms with Gasteiger partial charge in [-0.05, 0) is 87.4 Å². The van der Waals surface area contributed by atoms with Gasteiger partial charge in [0.25, 0.3) is 0 Å². The van der Waals surface area contributed by atoms with Crippen molar-refractivity contribution < 1.29 is 19.6 Å². The highest BCUT2D eigenvalue weighted by atomic mass is 16.5. The van der Waals surface area contributed by atoms with Gasteiger partial charge in [-0.25, -0.2) is 0 Å². The molecule has 6 nitrogen and oxygen atoms in total. The minimum absolute atomic E-state index is 0.0224. The molecular formula is C26H45BN2O4. The Morgan fingerprint density at radius 3 is 2.42 bits per heavy atom. The van der Waals surface area contributed by atoms with Crippen molar-refractivity contribution in [1.82, 2.24) is 4.90 Å². The predicted molar refractivity (Wildman–Crippen MR) is 129 cm³/mol. The van der Waals surface area contributed by atoms with Crippen molar-refractivity contribution in [3.8, 4) is 0 Å². The summed E-state index contributed by atoms with van der Waals surface area (Å²) in [6.07, 6.45) is 14.7. The first-order valence-electron chi connectivity index (χ1n) is 14.0. The zero-order chi connectivity index (χ0) is 23.0. The Morgan fingerprint density at radius 2 is 1.70 bits per heavy atom. The molecular weight excluding hydrogens is 415 g/mol. The Labute approximate surface area is 200 Å². The third kappa shape index (κ3) is 4.89. The molecule has 1 amide bonds. The predicted octanol–water partition coefficient (Wildman–Crippen LogP) is 3.21. The van der Waals surface area contributed by atoms with Crippen LogP contribution in [0.3, 0.4) is 0 Å². The van der Waals surface area contributed by atoms with Crippen molar-refractivity contribution in [2.75, 3.05) is 26.2 Å². The number of nitrogens with zero attached hydrogens (tertiary/aromatic N) is 1. The molecule has 5 fully saturated rings. The quantitative estimate of drug-likeness (QED) is 0.560. The number of carbonyl (C=O) groups excluding carboxylic acids is 1. The van der Waals surface area contributed by atoms with Crippen LogP contribution in [0.15, 0.2) is 0 Å². The molecule has 7 atom stereocenters. The fourth-order valence-corrected chi connectivity index (χ4v) is 8.46. The van der Waals surface area contributed by atoms with E-state index in [1.54, 1.807) is 0 Å². The van der Waals surface area contributed by atoms with Crippen molar-refractivity contribution in [3.05, 3.63) is 0 Å². The maximum atomic E-state index is 13.5. The minimum atomic E-state index is -1.18. The first kappa shape index (κ1) is 24.1. The zero-order valence-corrected chi connectivity index (χ0v) is 20.4. The average molecular weight is 460 g/mol. The molecule has 33 heavy (non-hydrogen) atoms. The van der Waals surface area contributed by atoms with E-state index in [2.05, 4.69) is 4.90 Å². The molecule has 7 unspecified atom stereocenters. The molecule has 1 spiro atoms. The van der Waals surface area contributed by atoms with Gasteiger partial charge in [0.15, 0.2) is 0 Å². The average Bonchev–Trinajstić information content (AvgIpc) is 3.21. The molecule has 5 rings (SSSR count). The van der Waals surface area contributed by atoms with Crippen LogP contribution in [-0.4, -0.2) is 60.3 Å². The van der Waals surface area contributed by atoms with E-state index in [-0.39, 0.29) is 17.2 Å². The summed E-state index contributed by atoms with van der Waals surface area (Å²) in [6.45, 7) is 3.46. The largest absolute Gasteiger partial charge is 0.454 e. The van der Waals surface area contributed by atoms with Crippen LogP contribution in [0.2, 0.25) is 5.82 Å². The number of amides is 1. The highest BCUT2D eigenvalue weighted by Gasteiger charge is 2.53. The van der Waals surface area contributed by atoms with Crippen molar-refractivity contribution in [2.24, 2.45) is 40.7 Å². The second-order valence-electron chi connectivity index (χ2n) is 12.3. The third-order valence-electron chi connectivity index (χ3n) is 10.6. The maximum absolute atomic E-state index is 13.5. The Morgan fingerprint density at radius 1 is 0.970 bits per heavy atom. The molecule has 4 N–H and O–H groups in total. The fraction of sp³-hybridized carbons (Fsp3) is 0.962. The van der Waals surface area contributed by atoms with E-state index in [9.17, 15) is 14.8 Å². The first-order chi connectivity index (χ1) is 16.0. The zero-order valence-electron chi connectivity index (χ0n) is 20.4. The molecule has 2 aliphatic heterocycles. The first-order valence-corrected chi connectivity index (χ1v) is 14.0. The lowest BCUT2D eigenvalue weighted by Crippen LogP contribution is -2.49. The number of fused-ring (bicyclic) bond motifs is 2. The van der Waals surface area contributed by atoms with Gasteiger partial charge in [0, 0.05) is 24.4 Å². The van der Waals surface area contributed by atoms with E-state index in [4.69, 9.17) is 10.5 Å². The SMILES string of the molecule is NCC1CCC2OCC3(CCN(C(=O)C4CCCC(C5CCCC(B(O)O)C5)C4)CC3)C2C1. The monoisotopic (exact) mass is 460 g/mol.